The summed E-state index contributed by atoms with van der Waals surface area (Å²) in [6.07, 6.45) is 3.40. The quantitative estimate of drug-likeness (QED) is 0.821. The van der Waals surface area contributed by atoms with Gasteiger partial charge in [0.25, 0.3) is 0 Å². The Hall–Kier alpha value is -1.81. The van der Waals surface area contributed by atoms with Crippen molar-refractivity contribution in [2.45, 2.75) is 32.9 Å². The SMILES string of the molecule is CCn1cc(CC(=O)C(C)Oc2cccc(Cl)c2)cn1. The number of aromatic nitrogens is 2. The van der Waals surface area contributed by atoms with Crippen LogP contribution in [0.2, 0.25) is 5.02 Å². The number of nitrogens with zero attached hydrogens (tertiary/aromatic N) is 2. The van der Waals surface area contributed by atoms with E-state index < -0.39 is 6.10 Å². The second kappa shape index (κ2) is 6.57. The summed E-state index contributed by atoms with van der Waals surface area (Å²) in [5, 5.41) is 4.74. The predicted octanol–water partition coefficient (Wildman–Crippen LogP) is 3.14. The van der Waals surface area contributed by atoms with Gasteiger partial charge in [0.1, 0.15) is 5.75 Å². The Kier molecular flexibility index (Phi) is 4.79. The first-order valence-electron chi connectivity index (χ1n) is 6.54. The van der Waals surface area contributed by atoms with E-state index in [2.05, 4.69) is 5.10 Å². The summed E-state index contributed by atoms with van der Waals surface area (Å²) in [7, 11) is 0. The molecule has 0 aliphatic carbocycles. The summed E-state index contributed by atoms with van der Waals surface area (Å²) in [5.41, 5.74) is 0.901. The van der Waals surface area contributed by atoms with Crippen LogP contribution in [0.4, 0.5) is 0 Å². The largest absolute Gasteiger partial charge is 0.483 e. The molecule has 0 amide bonds. The van der Waals surface area contributed by atoms with E-state index in [1.807, 2.05) is 13.1 Å². The molecule has 20 heavy (non-hydrogen) atoms. The fraction of sp³-hybridized carbons (Fsp3) is 0.333. The van der Waals surface area contributed by atoms with Gasteiger partial charge in [0.2, 0.25) is 0 Å². The average molecular weight is 293 g/mol. The van der Waals surface area contributed by atoms with Crippen LogP contribution in [0.3, 0.4) is 0 Å². The molecule has 0 saturated carbocycles. The molecule has 4 nitrogen and oxygen atoms in total. The molecule has 0 saturated heterocycles. The second-order valence-corrected chi connectivity index (χ2v) is 5.00. The van der Waals surface area contributed by atoms with Gasteiger partial charge in [-0.15, -0.1) is 0 Å². The van der Waals surface area contributed by atoms with Crippen molar-refractivity contribution in [1.29, 1.82) is 0 Å². The minimum absolute atomic E-state index is 0.0145. The molecule has 0 aliphatic heterocycles. The van der Waals surface area contributed by atoms with Crippen molar-refractivity contribution in [3.63, 3.8) is 0 Å². The van der Waals surface area contributed by atoms with Crippen molar-refractivity contribution in [2.75, 3.05) is 0 Å². The van der Waals surface area contributed by atoms with Gasteiger partial charge in [-0.05, 0) is 37.6 Å². The number of benzene rings is 1. The summed E-state index contributed by atoms with van der Waals surface area (Å²) in [6.45, 7) is 4.54. The third kappa shape index (κ3) is 3.84. The third-order valence-corrected chi connectivity index (χ3v) is 3.19. The molecule has 1 atom stereocenters. The monoisotopic (exact) mass is 292 g/mol. The molecule has 2 rings (SSSR count). The lowest BCUT2D eigenvalue weighted by atomic mass is 10.1. The minimum Gasteiger partial charge on any atom is -0.483 e. The Morgan fingerprint density at radius 3 is 2.95 bits per heavy atom. The van der Waals surface area contributed by atoms with Gasteiger partial charge < -0.3 is 4.74 Å². The first kappa shape index (κ1) is 14.6. The van der Waals surface area contributed by atoms with E-state index in [0.717, 1.165) is 12.1 Å². The molecule has 0 spiro atoms. The topological polar surface area (TPSA) is 44.1 Å². The van der Waals surface area contributed by atoms with Gasteiger partial charge >= 0.3 is 0 Å². The summed E-state index contributed by atoms with van der Waals surface area (Å²) in [6, 6.07) is 7.03. The number of halogens is 1. The Morgan fingerprint density at radius 2 is 2.30 bits per heavy atom. The highest BCUT2D eigenvalue weighted by atomic mass is 35.5. The van der Waals surface area contributed by atoms with Gasteiger partial charge in [-0.3, -0.25) is 9.48 Å². The lowest BCUT2D eigenvalue weighted by Gasteiger charge is -2.13. The number of ketones is 1. The maximum absolute atomic E-state index is 12.1. The summed E-state index contributed by atoms with van der Waals surface area (Å²) >= 11 is 5.88. The Bertz CT molecular complexity index is 595. The van der Waals surface area contributed by atoms with Crippen LogP contribution >= 0.6 is 11.6 Å². The fourth-order valence-corrected chi connectivity index (χ4v) is 2.01. The first-order chi connectivity index (χ1) is 9.58. The van der Waals surface area contributed by atoms with Crippen LogP contribution in [0.25, 0.3) is 0 Å². The van der Waals surface area contributed by atoms with Crippen molar-refractivity contribution in [3.8, 4) is 5.75 Å². The van der Waals surface area contributed by atoms with E-state index in [9.17, 15) is 4.79 Å². The number of carbonyl (C=O) groups is 1. The maximum Gasteiger partial charge on any atom is 0.177 e. The highest BCUT2D eigenvalue weighted by Crippen LogP contribution is 2.18. The van der Waals surface area contributed by atoms with E-state index in [1.165, 1.54) is 0 Å². The molecular weight excluding hydrogens is 276 g/mol. The molecule has 0 radical (unpaired) electrons. The summed E-state index contributed by atoms with van der Waals surface area (Å²) in [5.74, 6) is 0.614. The number of hydrogen-bond acceptors (Lipinski definition) is 3. The standard InChI is InChI=1S/C15H17ClN2O2/c1-3-18-10-12(9-17-18)7-15(19)11(2)20-14-6-4-5-13(16)8-14/h4-6,8-11H,3,7H2,1-2H3. The number of ether oxygens (including phenoxy) is 1. The minimum atomic E-state index is -0.515. The van der Waals surface area contributed by atoms with Gasteiger partial charge in [0.05, 0.1) is 6.20 Å². The molecule has 1 aromatic carbocycles. The van der Waals surface area contributed by atoms with Gasteiger partial charge in [0, 0.05) is 24.2 Å². The Morgan fingerprint density at radius 1 is 1.50 bits per heavy atom. The molecule has 106 valence electrons. The number of hydrogen-bond donors (Lipinski definition) is 0. The van der Waals surface area contributed by atoms with Crippen molar-refractivity contribution in [2.24, 2.45) is 0 Å². The number of rotatable bonds is 6. The van der Waals surface area contributed by atoms with E-state index in [0.29, 0.717) is 17.2 Å². The predicted molar refractivity (Wildman–Crippen MR) is 78.2 cm³/mol. The third-order valence-electron chi connectivity index (χ3n) is 2.95. The molecule has 0 aliphatic rings. The highest BCUT2D eigenvalue weighted by Gasteiger charge is 2.16. The van der Waals surface area contributed by atoms with Crippen molar-refractivity contribution < 1.29 is 9.53 Å². The highest BCUT2D eigenvalue weighted by molar-refractivity contribution is 6.30. The fourth-order valence-electron chi connectivity index (χ4n) is 1.83. The summed E-state index contributed by atoms with van der Waals surface area (Å²) < 4.78 is 7.40. The Balaban J connectivity index is 1.95. The van der Waals surface area contributed by atoms with Crippen molar-refractivity contribution in [3.05, 3.63) is 47.2 Å². The molecule has 0 bridgehead atoms. The molecule has 2 aromatic rings. The van der Waals surface area contributed by atoms with Gasteiger partial charge in [-0.1, -0.05) is 17.7 Å². The molecular formula is C15H17ClN2O2. The van der Waals surface area contributed by atoms with Crippen LogP contribution in [0.5, 0.6) is 5.75 Å². The smallest absolute Gasteiger partial charge is 0.177 e. The van der Waals surface area contributed by atoms with Crippen LogP contribution in [-0.4, -0.2) is 21.7 Å². The molecule has 0 N–H and O–H groups in total. The molecule has 5 heteroatoms. The number of aryl methyl sites for hydroxylation is 1. The van der Waals surface area contributed by atoms with Crippen molar-refractivity contribution in [1.82, 2.24) is 9.78 Å². The zero-order valence-corrected chi connectivity index (χ0v) is 12.3. The zero-order valence-electron chi connectivity index (χ0n) is 11.5. The zero-order chi connectivity index (χ0) is 14.5. The van der Waals surface area contributed by atoms with Gasteiger partial charge in [-0.2, -0.15) is 5.10 Å². The van der Waals surface area contributed by atoms with Crippen LogP contribution in [0.15, 0.2) is 36.7 Å². The number of carbonyl (C=O) groups excluding carboxylic acids is 1. The number of Topliss-reactive ketones (excluding diaryl/α,β-unsaturated/α-hetero) is 1. The van der Waals surface area contributed by atoms with E-state index >= 15 is 0 Å². The lowest BCUT2D eigenvalue weighted by Crippen LogP contribution is -2.25. The average Bonchev–Trinajstić information content (AvgIpc) is 2.86. The van der Waals surface area contributed by atoms with Gasteiger partial charge in [0.15, 0.2) is 11.9 Å². The van der Waals surface area contributed by atoms with Crippen LogP contribution in [0, 0.1) is 0 Å². The lowest BCUT2D eigenvalue weighted by molar-refractivity contribution is -0.124. The summed E-state index contributed by atoms with van der Waals surface area (Å²) in [4.78, 5) is 12.1. The van der Waals surface area contributed by atoms with E-state index in [4.69, 9.17) is 16.3 Å². The van der Waals surface area contributed by atoms with E-state index in [1.54, 1.807) is 42.1 Å². The van der Waals surface area contributed by atoms with Crippen LogP contribution in [-0.2, 0) is 17.8 Å². The molecule has 1 heterocycles. The van der Waals surface area contributed by atoms with Crippen LogP contribution < -0.4 is 4.74 Å². The Labute approximate surface area is 123 Å². The first-order valence-corrected chi connectivity index (χ1v) is 6.92. The van der Waals surface area contributed by atoms with Crippen molar-refractivity contribution >= 4 is 17.4 Å². The van der Waals surface area contributed by atoms with Crippen LogP contribution in [0.1, 0.15) is 19.4 Å². The molecule has 1 aromatic heterocycles. The molecule has 0 fully saturated rings. The second-order valence-electron chi connectivity index (χ2n) is 4.56. The van der Waals surface area contributed by atoms with Gasteiger partial charge in [-0.25, -0.2) is 0 Å². The van der Waals surface area contributed by atoms with E-state index in [-0.39, 0.29) is 5.78 Å². The maximum atomic E-state index is 12.1. The normalized spacial score (nSPS) is 12.2. The molecule has 1 unspecified atom stereocenters.